The third-order valence-corrected chi connectivity index (χ3v) is 9.53. The van der Waals surface area contributed by atoms with Gasteiger partial charge in [0, 0.05) is 19.3 Å². The van der Waals surface area contributed by atoms with E-state index in [4.69, 9.17) is 11.5 Å². The van der Waals surface area contributed by atoms with Crippen LogP contribution in [-0.4, -0.2) is 70.7 Å². The Morgan fingerprint density at radius 2 is 1.31 bits per heavy atom. The Morgan fingerprint density at radius 1 is 0.745 bits per heavy atom. The fourth-order valence-corrected chi connectivity index (χ4v) is 6.31. The molecule has 0 spiro atoms. The Balaban J connectivity index is 1.75. The van der Waals surface area contributed by atoms with E-state index in [2.05, 4.69) is 21.3 Å². The lowest BCUT2D eigenvalue weighted by Crippen LogP contribution is -2.55. The van der Waals surface area contributed by atoms with E-state index in [-0.39, 0.29) is 37.0 Å². The highest BCUT2D eigenvalue weighted by atomic mass is 16.4. The van der Waals surface area contributed by atoms with E-state index < -0.39 is 66.1 Å². The lowest BCUT2D eigenvalue weighted by atomic mass is 9.85. The number of carboxylic acid groups (broad SMARTS) is 1. The molecule has 1 fully saturated rings. The number of primary amides is 2. The van der Waals surface area contributed by atoms with Gasteiger partial charge < -0.3 is 37.8 Å². The number of hydrogen-bond donors (Lipinski definition) is 7. The molecular formula is C37H58N6O8. The summed E-state index contributed by atoms with van der Waals surface area (Å²) in [6, 6.07) is 5.06. The summed E-state index contributed by atoms with van der Waals surface area (Å²) in [5.41, 5.74) is 11.7. The first-order valence-electron chi connectivity index (χ1n) is 18.3. The second-order valence-corrected chi connectivity index (χ2v) is 13.8. The number of unbranched alkanes of at least 4 members (excludes halogenated alkanes) is 4. The average molecular weight is 715 g/mol. The number of rotatable bonds is 24. The molecule has 0 radical (unpaired) electrons. The van der Waals surface area contributed by atoms with E-state index in [1.165, 1.54) is 0 Å². The number of hydrogen-bond acceptors (Lipinski definition) is 7. The lowest BCUT2D eigenvalue weighted by molar-refractivity contribution is -0.143. The zero-order valence-electron chi connectivity index (χ0n) is 30.1. The number of benzene rings is 1. The molecule has 0 heterocycles. The molecule has 5 atom stereocenters. The summed E-state index contributed by atoms with van der Waals surface area (Å²) < 4.78 is 0. The van der Waals surface area contributed by atoms with Gasteiger partial charge in [-0.05, 0) is 36.7 Å². The van der Waals surface area contributed by atoms with Gasteiger partial charge in [-0.1, -0.05) is 102 Å². The smallest absolute Gasteiger partial charge is 0.326 e. The average Bonchev–Trinajstić information content (AvgIpc) is 3.09. The number of nitrogens with one attached hydrogen (secondary N) is 4. The highest BCUT2D eigenvalue weighted by Gasteiger charge is 2.31. The van der Waals surface area contributed by atoms with Crippen molar-refractivity contribution in [2.24, 2.45) is 23.3 Å². The van der Waals surface area contributed by atoms with Crippen molar-refractivity contribution in [1.29, 1.82) is 0 Å². The highest BCUT2D eigenvalue weighted by Crippen LogP contribution is 2.27. The van der Waals surface area contributed by atoms with Gasteiger partial charge in [0.15, 0.2) is 0 Å². The first-order chi connectivity index (χ1) is 24.3. The van der Waals surface area contributed by atoms with Gasteiger partial charge in [-0.25, -0.2) is 4.79 Å². The summed E-state index contributed by atoms with van der Waals surface area (Å²) >= 11 is 0. The maximum atomic E-state index is 13.2. The molecule has 0 bridgehead atoms. The Labute approximate surface area is 301 Å². The van der Waals surface area contributed by atoms with Crippen molar-refractivity contribution in [2.45, 2.75) is 141 Å². The highest BCUT2D eigenvalue weighted by molar-refractivity contribution is 5.94. The molecule has 0 aromatic heterocycles. The molecule has 51 heavy (non-hydrogen) atoms. The molecule has 1 aromatic carbocycles. The second-order valence-electron chi connectivity index (χ2n) is 13.8. The van der Waals surface area contributed by atoms with Gasteiger partial charge >= 0.3 is 5.97 Å². The molecule has 9 N–H and O–H groups in total. The summed E-state index contributed by atoms with van der Waals surface area (Å²) in [5, 5.41) is 20.2. The van der Waals surface area contributed by atoms with E-state index in [1.807, 2.05) is 44.2 Å². The van der Waals surface area contributed by atoms with Gasteiger partial charge in [-0.3, -0.25) is 28.8 Å². The monoisotopic (exact) mass is 714 g/mol. The van der Waals surface area contributed by atoms with Gasteiger partial charge in [-0.2, -0.15) is 0 Å². The zero-order valence-corrected chi connectivity index (χ0v) is 30.1. The minimum atomic E-state index is -1.27. The summed E-state index contributed by atoms with van der Waals surface area (Å²) in [7, 11) is 0. The number of carboxylic acids is 1. The van der Waals surface area contributed by atoms with Crippen molar-refractivity contribution in [3.05, 3.63) is 35.9 Å². The number of amides is 6. The zero-order chi connectivity index (χ0) is 37.8. The largest absolute Gasteiger partial charge is 0.480 e. The summed E-state index contributed by atoms with van der Waals surface area (Å²) in [4.78, 5) is 87.0. The first-order valence-corrected chi connectivity index (χ1v) is 18.3. The van der Waals surface area contributed by atoms with Crippen molar-refractivity contribution < 1.29 is 38.7 Å². The van der Waals surface area contributed by atoms with E-state index >= 15 is 0 Å². The van der Waals surface area contributed by atoms with E-state index in [9.17, 15) is 38.7 Å². The standard InChI is InChI=1S/C37H58N6O8/c1-3-24(2)33(36(49)41-27(34(39)47)21-25-15-9-7-10-16-25)43-32(46)20-14-6-4-5-13-19-31(45)40-28(23-30(38)44)35(48)42-29(37(50)51)22-26-17-11-8-12-18-26/h7,9-10,15-16,24,26-29,33H,3-6,8,11-14,17-23H2,1-2H3,(H2,38,44)(H2,39,47)(H,40,45)(H,41,49)(H,42,48)(H,43,46)(H,50,51)/t24-,27+,28+,29+,33+/m1/s1. The molecule has 14 heteroatoms. The third-order valence-electron chi connectivity index (χ3n) is 9.53. The molecule has 284 valence electrons. The van der Waals surface area contributed by atoms with Gasteiger partial charge in [0.2, 0.25) is 35.4 Å². The molecule has 0 unspecified atom stereocenters. The van der Waals surface area contributed by atoms with E-state index in [0.717, 1.165) is 44.1 Å². The van der Waals surface area contributed by atoms with Crippen molar-refractivity contribution in [3.8, 4) is 0 Å². The summed E-state index contributed by atoms with van der Waals surface area (Å²) in [5.74, 6) is -4.56. The minimum Gasteiger partial charge on any atom is -0.480 e. The van der Waals surface area contributed by atoms with Crippen LogP contribution in [0.5, 0.6) is 0 Å². The lowest BCUT2D eigenvalue weighted by Gasteiger charge is -2.26. The van der Waals surface area contributed by atoms with Crippen molar-refractivity contribution in [2.75, 3.05) is 0 Å². The van der Waals surface area contributed by atoms with Crippen LogP contribution in [0.4, 0.5) is 0 Å². The number of carbonyl (C=O) groups is 7. The van der Waals surface area contributed by atoms with Crippen LogP contribution in [0.1, 0.15) is 116 Å². The van der Waals surface area contributed by atoms with E-state index in [1.54, 1.807) is 0 Å². The minimum absolute atomic E-state index is 0.0930. The fourth-order valence-electron chi connectivity index (χ4n) is 6.31. The molecule has 1 aromatic rings. The van der Waals surface area contributed by atoms with Gasteiger partial charge in [0.25, 0.3) is 0 Å². The Kier molecular flexibility index (Phi) is 19.3. The number of aliphatic carboxylic acids is 1. The number of nitrogens with two attached hydrogens (primary N) is 2. The van der Waals surface area contributed by atoms with Crippen LogP contribution in [0.3, 0.4) is 0 Å². The third kappa shape index (κ3) is 16.8. The summed E-state index contributed by atoms with van der Waals surface area (Å²) in [6.07, 6.45) is 9.17. The van der Waals surface area contributed by atoms with Gasteiger partial charge in [0.05, 0.1) is 6.42 Å². The van der Waals surface area contributed by atoms with Gasteiger partial charge in [-0.15, -0.1) is 0 Å². The molecule has 1 aliphatic carbocycles. The van der Waals surface area contributed by atoms with Crippen molar-refractivity contribution >= 4 is 41.4 Å². The second kappa shape index (κ2) is 23.1. The number of carbonyl (C=O) groups excluding carboxylic acids is 6. The van der Waals surface area contributed by atoms with Crippen molar-refractivity contribution in [3.63, 3.8) is 0 Å². The topological polar surface area (TPSA) is 240 Å². The Morgan fingerprint density at radius 3 is 1.86 bits per heavy atom. The molecular weight excluding hydrogens is 656 g/mol. The summed E-state index contributed by atoms with van der Waals surface area (Å²) in [6.45, 7) is 3.76. The fraction of sp³-hybridized carbons (Fsp3) is 0.649. The first kappa shape index (κ1) is 42.7. The van der Waals surface area contributed by atoms with Crippen LogP contribution in [0.25, 0.3) is 0 Å². The van der Waals surface area contributed by atoms with Crippen molar-refractivity contribution in [1.82, 2.24) is 21.3 Å². The SMILES string of the molecule is CC[C@@H](C)[C@H](NC(=O)CCCCCCCC(=O)N[C@@H](CC(N)=O)C(=O)N[C@@H](CC1CCCCC1)C(=O)O)C(=O)N[C@@H](Cc1ccccc1)C(N)=O. The normalized spacial score (nSPS) is 16.0. The Hall–Kier alpha value is -4.49. The van der Waals surface area contributed by atoms with Gasteiger partial charge in [0.1, 0.15) is 24.2 Å². The molecule has 6 amide bonds. The van der Waals surface area contributed by atoms with Crippen LogP contribution in [0.15, 0.2) is 30.3 Å². The maximum absolute atomic E-state index is 13.2. The molecule has 2 rings (SSSR count). The molecule has 14 nitrogen and oxygen atoms in total. The molecule has 0 aliphatic heterocycles. The van der Waals surface area contributed by atoms with Crippen LogP contribution < -0.4 is 32.7 Å². The molecule has 1 aliphatic rings. The quantitative estimate of drug-likeness (QED) is 0.0783. The molecule has 1 saturated carbocycles. The molecule has 0 saturated heterocycles. The predicted molar refractivity (Wildman–Crippen MR) is 191 cm³/mol. The predicted octanol–water partition coefficient (Wildman–Crippen LogP) is 2.36. The van der Waals surface area contributed by atoms with E-state index in [0.29, 0.717) is 38.5 Å². The van der Waals surface area contributed by atoms with Crippen LogP contribution >= 0.6 is 0 Å². The van der Waals surface area contributed by atoms with Crippen LogP contribution in [0, 0.1) is 11.8 Å². The Bertz CT molecular complexity index is 1300. The maximum Gasteiger partial charge on any atom is 0.326 e. The van der Waals surface area contributed by atoms with Crippen LogP contribution in [0.2, 0.25) is 0 Å². The van der Waals surface area contributed by atoms with Crippen LogP contribution in [-0.2, 0) is 40.0 Å².